The van der Waals surface area contributed by atoms with Gasteiger partial charge in [0.1, 0.15) is 5.82 Å². The van der Waals surface area contributed by atoms with Crippen LogP contribution in [0.15, 0.2) is 40.9 Å². The molecule has 0 aliphatic carbocycles. The van der Waals surface area contributed by atoms with E-state index in [4.69, 9.17) is 34.8 Å². The molecule has 1 unspecified atom stereocenters. The number of halogens is 5. The highest BCUT2D eigenvalue weighted by Crippen LogP contribution is 2.38. The van der Waals surface area contributed by atoms with Crippen LogP contribution in [0.1, 0.15) is 16.5 Å². The van der Waals surface area contributed by atoms with Crippen LogP contribution in [0, 0.1) is 5.82 Å². The fourth-order valence-corrected chi connectivity index (χ4v) is 3.16. The van der Waals surface area contributed by atoms with Crippen molar-refractivity contribution in [2.75, 3.05) is 0 Å². The fraction of sp³-hybridized carbons (Fsp3) is 0.0769. The lowest BCUT2D eigenvalue weighted by Gasteiger charge is -2.14. The Bertz CT molecular complexity index is 586. The maximum absolute atomic E-state index is 13.5. The summed E-state index contributed by atoms with van der Waals surface area (Å²) < 4.78 is 13.8. The van der Waals surface area contributed by atoms with Crippen molar-refractivity contribution in [1.82, 2.24) is 0 Å². The van der Waals surface area contributed by atoms with E-state index in [0.717, 1.165) is 0 Å². The monoisotopic (exact) mass is 366 g/mol. The fourth-order valence-electron chi connectivity index (χ4n) is 1.59. The third kappa shape index (κ3) is 2.83. The third-order valence-electron chi connectivity index (χ3n) is 2.49. The van der Waals surface area contributed by atoms with Gasteiger partial charge in [-0.3, -0.25) is 0 Å². The van der Waals surface area contributed by atoms with Gasteiger partial charge in [-0.15, -0.1) is 11.6 Å². The van der Waals surface area contributed by atoms with E-state index in [9.17, 15) is 4.39 Å². The van der Waals surface area contributed by atoms with Crippen molar-refractivity contribution in [1.29, 1.82) is 0 Å². The van der Waals surface area contributed by atoms with Crippen LogP contribution in [0.3, 0.4) is 0 Å². The topological polar surface area (TPSA) is 0 Å². The summed E-state index contributed by atoms with van der Waals surface area (Å²) in [6.07, 6.45) is 0. The lowest BCUT2D eigenvalue weighted by atomic mass is 10.0. The summed E-state index contributed by atoms with van der Waals surface area (Å²) in [6, 6.07) is 9.76. The molecule has 0 saturated heterocycles. The van der Waals surface area contributed by atoms with Crippen LogP contribution in [0.2, 0.25) is 10.0 Å². The Labute approximate surface area is 128 Å². The zero-order chi connectivity index (χ0) is 13.3. The predicted octanol–water partition coefficient (Wildman–Crippen LogP) is 6.22. The van der Waals surface area contributed by atoms with Gasteiger partial charge in [-0.1, -0.05) is 41.4 Å². The summed E-state index contributed by atoms with van der Waals surface area (Å²) in [5, 5.41) is 0.449. The average Bonchev–Trinajstić information content (AvgIpc) is 2.32. The summed E-state index contributed by atoms with van der Waals surface area (Å²) in [7, 11) is 0. The lowest BCUT2D eigenvalue weighted by Crippen LogP contribution is -1.97. The van der Waals surface area contributed by atoms with Gasteiger partial charge < -0.3 is 0 Å². The van der Waals surface area contributed by atoms with Gasteiger partial charge in [0.25, 0.3) is 0 Å². The van der Waals surface area contributed by atoms with E-state index in [1.54, 1.807) is 30.3 Å². The largest absolute Gasteiger partial charge is 0.206 e. The van der Waals surface area contributed by atoms with Crippen LogP contribution in [0.5, 0.6) is 0 Å². The van der Waals surface area contributed by atoms with Gasteiger partial charge in [-0.05, 0) is 45.3 Å². The standard InChI is InChI=1S/C13H7BrCl3F/c14-12-9(2-1-3-11(12)18)13(17)8-5-4-7(15)6-10(8)16/h1-6,13H. The van der Waals surface area contributed by atoms with Crippen LogP contribution in [0.25, 0.3) is 0 Å². The van der Waals surface area contributed by atoms with Crippen molar-refractivity contribution in [3.05, 3.63) is 67.9 Å². The molecule has 0 amide bonds. The Morgan fingerprint density at radius 1 is 1.06 bits per heavy atom. The second kappa shape index (κ2) is 5.79. The van der Waals surface area contributed by atoms with Crippen molar-refractivity contribution in [3.8, 4) is 0 Å². The summed E-state index contributed by atoms with van der Waals surface area (Å²) in [5.41, 5.74) is 1.31. The quantitative estimate of drug-likeness (QED) is 0.552. The molecule has 0 aliphatic heterocycles. The maximum Gasteiger partial charge on any atom is 0.137 e. The van der Waals surface area contributed by atoms with Crippen molar-refractivity contribution >= 4 is 50.7 Å². The van der Waals surface area contributed by atoms with Gasteiger partial charge in [0.15, 0.2) is 0 Å². The van der Waals surface area contributed by atoms with E-state index < -0.39 is 5.38 Å². The third-order valence-corrected chi connectivity index (χ3v) is 4.36. The lowest BCUT2D eigenvalue weighted by molar-refractivity contribution is 0.618. The van der Waals surface area contributed by atoms with Crippen molar-refractivity contribution < 1.29 is 4.39 Å². The highest BCUT2D eigenvalue weighted by atomic mass is 79.9. The minimum atomic E-state index is -0.542. The molecule has 0 heterocycles. The van der Waals surface area contributed by atoms with Gasteiger partial charge in [-0.2, -0.15) is 0 Å². The van der Waals surface area contributed by atoms with Crippen LogP contribution >= 0.6 is 50.7 Å². The Kier molecular flexibility index (Phi) is 4.54. The number of benzene rings is 2. The zero-order valence-electron chi connectivity index (χ0n) is 8.93. The first-order valence-corrected chi connectivity index (χ1v) is 7.02. The molecule has 0 N–H and O–H groups in total. The van der Waals surface area contributed by atoms with Gasteiger partial charge in [0, 0.05) is 10.0 Å². The molecule has 0 spiro atoms. The van der Waals surface area contributed by atoms with Crippen LogP contribution < -0.4 is 0 Å². The first kappa shape index (κ1) is 14.1. The maximum atomic E-state index is 13.5. The average molecular weight is 368 g/mol. The van der Waals surface area contributed by atoms with E-state index in [1.165, 1.54) is 6.07 Å². The molecule has 0 bridgehead atoms. The number of rotatable bonds is 2. The number of hydrogen-bond donors (Lipinski definition) is 0. The Balaban J connectivity index is 2.48. The molecular formula is C13H7BrCl3F. The zero-order valence-corrected chi connectivity index (χ0v) is 12.8. The molecule has 18 heavy (non-hydrogen) atoms. The SMILES string of the molecule is Fc1cccc(C(Cl)c2ccc(Cl)cc2Cl)c1Br. The molecule has 0 aromatic heterocycles. The van der Waals surface area contributed by atoms with Gasteiger partial charge in [-0.25, -0.2) is 4.39 Å². The summed E-state index contributed by atoms with van der Waals surface area (Å²) >= 11 is 21.4. The Morgan fingerprint density at radius 2 is 1.78 bits per heavy atom. The molecule has 0 aliphatic rings. The predicted molar refractivity (Wildman–Crippen MR) is 78.3 cm³/mol. The highest BCUT2D eigenvalue weighted by Gasteiger charge is 2.18. The van der Waals surface area contributed by atoms with Crippen molar-refractivity contribution in [2.24, 2.45) is 0 Å². The van der Waals surface area contributed by atoms with Gasteiger partial charge >= 0.3 is 0 Å². The van der Waals surface area contributed by atoms with E-state index >= 15 is 0 Å². The second-order valence-electron chi connectivity index (χ2n) is 3.67. The highest BCUT2D eigenvalue weighted by molar-refractivity contribution is 9.10. The van der Waals surface area contributed by atoms with Gasteiger partial charge in [0.05, 0.1) is 9.85 Å². The van der Waals surface area contributed by atoms with Crippen LogP contribution in [-0.2, 0) is 0 Å². The number of hydrogen-bond acceptors (Lipinski definition) is 0. The molecule has 0 fully saturated rings. The smallest absolute Gasteiger partial charge is 0.137 e. The Morgan fingerprint density at radius 3 is 2.44 bits per heavy atom. The van der Waals surface area contributed by atoms with Crippen molar-refractivity contribution in [2.45, 2.75) is 5.38 Å². The van der Waals surface area contributed by atoms with Crippen molar-refractivity contribution in [3.63, 3.8) is 0 Å². The van der Waals surface area contributed by atoms with Crippen LogP contribution in [-0.4, -0.2) is 0 Å². The summed E-state index contributed by atoms with van der Waals surface area (Å²) in [6.45, 7) is 0. The first-order chi connectivity index (χ1) is 8.50. The molecule has 0 saturated carbocycles. The molecule has 2 aromatic rings. The summed E-state index contributed by atoms with van der Waals surface area (Å²) in [5.74, 6) is -0.358. The molecule has 2 rings (SSSR count). The first-order valence-electron chi connectivity index (χ1n) is 5.03. The van der Waals surface area contributed by atoms with E-state index in [2.05, 4.69) is 15.9 Å². The molecule has 5 heteroatoms. The Hall–Kier alpha value is -0.280. The minimum absolute atomic E-state index is 0.344. The van der Waals surface area contributed by atoms with Gasteiger partial charge in [0.2, 0.25) is 0 Å². The molecule has 0 nitrogen and oxygen atoms in total. The molecule has 1 atom stereocenters. The van der Waals surface area contributed by atoms with Crippen LogP contribution in [0.4, 0.5) is 4.39 Å². The molecule has 0 radical (unpaired) electrons. The number of alkyl halides is 1. The molecule has 2 aromatic carbocycles. The molecular weight excluding hydrogens is 361 g/mol. The van der Waals surface area contributed by atoms with E-state index in [1.807, 2.05) is 0 Å². The summed E-state index contributed by atoms with van der Waals surface area (Å²) in [4.78, 5) is 0. The second-order valence-corrected chi connectivity index (χ2v) is 5.74. The van der Waals surface area contributed by atoms with E-state index in [-0.39, 0.29) is 5.82 Å². The minimum Gasteiger partial charge on any atom is -0.206 e. The van der Waals surface area contributed by atoms with E-state index in [0.29, 0.717) is 25.6 Å². The molecule has 94 valence electrons. The normalized spacial score (nSPS) is 12.5.